The Labute approximate surface area is 158 Å². The van der Waals surface area contributed by atoms with Crippen molar-refractivity contribution in [3.8, 4) is 5.75 Å². The summed E-state index contributed by atoms with van der Waals surface area (Å²) < 4.78 is 46.9. The number of hydrogen-bond acceptors (Lipinski definition) is 4. The summed E-state index contributed by atoms with van der Waals surface area (Å²) in [5, 5.41) is 9.58. The van der Waals surface area contributed by atoms with Crippen LogP contribution in [0.25, 0.3) is 0 Å². The molecule has 28 heavy (non-hydrogen) atoms. The maximum Gasteiger partial charge on any atom is 0.421 e. The fourth-order valence-electron chi connectivity index (χ4n) is 2.75. The number of carboxylic acids is 1. The van der Waals surface area contributed by atoms with Crippen LogP contribution in [0.1, 0.15) is 28.4 Å². The Hall–Kier alpha value is -3.42. The van der Waals surface area contributed by atoms with E-state index in [0.717, 1.165) is 12.3 Å². The summed E-state index contributed by atoms with van der Waals surface area (Å²) in [4.78, 5) is 19.4. The summed E-state index contributed by atoms with van der Waals surface area (Å²) in [5.74, 6) is -3.65. The van der Waals surface area contributed by atoms with Gasteiger partial charge in [0.2, 0.25) is 0 Å². The summed E-state index contributed by atoms with van der Waals surface area (Å²) >= 11 is 0. The first-order chi connectivity index (χ1) is 13.4. The van der Waals surface area contributed by atoms with E-state index in [1.165, 1.54) is 18.3 Å². The van der Waals surface area contributed by atoms with Gasteiger partial charge in [-0.25, -0.2) is 0 Å². The second kappa shape index (κ2) is 8.08. The average Bonchev–Trinajstić information content (AvgIpc) is 2.67. The van der Waals surface area contributed by atoms with Gasteiger partial charge >= 0.3 is 12.1 Å². The Bertz CT molecular complexity index is 948. The first kappa shape index (κ1) is 19.3. The van der Waals surface area contributed by atoms with Gasteiger partial charge in [0.15, 0.2) is 0 Å². The number of benzene rings is 1. The number of aromatic nitrogens is 2. The van der Waals surface area contributed by atoms with Crippen LogP contribution < -0.4 is 4.74 Å². The molecule has 0 aliphatic heterocycles. The fraction of sp³-hybridized carbons (Fsp3) is 0.150. The largest absolute Gasteiger partial charge is 0.488 e. The lowest BCUT2D eigenvalue weighted by Crippen LogP contribution is -2.22. The SMILES string of the molecule is O=C(O)C(c1ccccn1)c1nccc(OCc2ccccc2)c1C(F)(F)F. The predicted molar refractivity (Wildman–Crippen MR) is 93.7 cm³/mol. The number of pyridine rings is 2. The predicted octanol–water partition coefficient (Wildman–Crippen LogP) is 4.29. The van der Waals surface area contributed by atoms with E-state index in [0.29, 0.717) is 5.56 Å². The van der Waals surface area contributed by atoms with Crippen molar-refractivity contribution in [1.82, 2.24) is 9.97 Å². The van der Waals surface area contributed by atoms with Crippen LogP contribution in [0.3, 0.4) is 0 Å². The van der Waals surface area contributed by atoms with Gasteiger partial charge in [0.05, 0.1) is 11.4 Å². The van der Waals surface area contributed by atoms with Gasteiger partial charge < -0.3 is 9.84 Å². The van der Waals surface area contributed by atoms with Crippen molar-refractivity contribution in [2.45, 2.75) is 18.7 Å². The summed E-state index contributed by atoms with van der Waals surface area (Å²) in [6, 6.07) is 14.1. The molecular formula is C20H15F3N2O3. The Kier molecular flexibility index (Phi) is 5.58. The lowest BCUT2D eigenvalue weighted by molar-refractivity contribution is -0.142. The minimum absolute atomic E-state index is 0.0480. The van der Waals surface area contributed by atoms with Crippen LogP contribution >= 0.6 is 0 Å². The molecule has 0 saturated carbocycles. The van der Waals surface area contributed by atoms with Crippen molar-refractivity contribution >= 4 is 5.97 Å². The first-order valence-corrected chi connectivity index (χ1v) is 8.24. The molecule has 8 heteroatoms. The standard InChI is InChI=1S/C20H15F3N2O3/c21-20(22,23)17-15(28-12-13-6-2-1-3-7-13)9-11-25-18(17)16(19(26)27)14-8-4-5-10-24-14/h1-11,16H,12H2,(H,26,27). The molecule has 3 rings (SSSR count). The van der Waals surface area contributed by atoms with Crippen molar-refractivity contribution in [2.75, 3.05) is 0 Å². The monoisotopic (exact) mass is 388 g/mol. The van der Waals surface area contributed by atoms with Crippen LogP contribution in [0.15, 0.2) is 67.0 Å². The number of aliphatic carboxylic acids is 1. The minimum atomic E-state index is -4.86. The quantitative estimate of drug-likeness (QED) is 0.682. The Morgan fingerprint density at radius 1 is 1.00 bits per heavy atom. The number of hydrogen-bond donors (Lipinski definition) is 1. The van der Waals surface area contributed by atoms with Gasteiger partial charge in [-0.1, -0.05) is 36.4 Å². The zero-order valence-electron chi connectivity index (χ0n) is 14.4. The van der Waals surface area contributed by atoms with Gasteiger partial charge in [0, 0.05) is 12.4 Å². The number of carbonyl (C=O) groups is 1. The molecule has 0 fully saturated rings. The molecule has 0 aliphatic rings. The third-order valence-corrected chi connectivity index (χ3v) is 3.97. The molecule has 144 valence electrons. The molecule has 3 aromatic rings. The first-order valence-electron chi connectivity index (χ1n) is 8.24. The molecule has 2 heterocycles. The van der Waals surface area contributed by atoms with Crippen molar-refractivity contribution in [2.24, 2.45) is 0 Å². The van der Waals surface area contributed by atoms with E-state index in [-0.39, 0.29) is 12.3 Å². The van der Waals surface area contributed by atoms with Gasteiger partial charge in [-0.15, -0.1) is 0 Å². The van der Waals surface area contributed by atoms with E-state index in [9.17, 15) is 23.1 Å². The molecule has 0 amide bonds. The lowest BCUT2D eigenvalue weighted by Gasteiger charge is -2.20. The summed E-state index contributed by atoms with van der Waals surface area (Å²) in [5.41, 5.74) is -1.25. The highest BCUT2D eigenvalue weighted by atomic mass is 19.4. The smallest absolute Gasteiger partial charge is 0.421 e. The molecule has 0 radical (unpaired) electrons. The van der Waals surface area contributed by atoms with E-state index < -0.39 is 35.1 Å². The van der Waals surface area contributed by atoms with E-state index >= 15 is 0 Å². The maximum atomic E-state index is 13.8. The highest BCUT2D eigenvalue weighted by molar-refractivity contribution is 5.80. The minimum Gasteiger partial charge on any atom is -0.488 e. The van der Waals surface area contributed by atoms with Crippen molar-refractivity contribution < 1.29 is 27.8 Å². The van der Waals surface area contributed by atoms with Crippen LogP contribution in [0, 0.1) is 0 Å². The number of ether oxygens (including phenoxy) is 1. The number of rotatable bonds is 6. The van der Waals surface area contributed by atoms with Gasteiger partial charge in [-0.3, -0.25) is 14.8 Å². The zero-order valence-corrected chi connectivity index (χ0v) is 14.4. The molecule has 1 unspecified atom stereocenters. The van der Waals surface area contributed by atoms with Gasteiger partial charge in [-0.05, 0) is 23.8 Å². The van der Waals surface area contributed by atoms with E-state index in [2.05, 4.69) is 9.97 Å². The number of alkyl halides is 3. The van der Waals surface area contributed by atoms with Crippen LogP contribution in [-0.2, 0) is 17.6 Å². The van der Waals surface area contributed by atoms with Gasteiger partial charge in [0.25, 0.3) is 0 Å². The fourth-order valence-corrected chi connectivity index (χ4v) is 2.75. The number of nitrogens with zero attached hydrogens (tertiary/aromatic N) is 2. The van der Waals surface area contributed by atoms with E-state index in [1.807, 2.05) is 0 Å². The summed E-state index contributed by atoms with van der Waals surface area (Å²) in [7, 11) is 0. The Morgan fingerprint density at radius 2 is 1.71 bits per heavy atom. The zero-order chi connectivity index (χ0) is 20.1. The van der Waals surface area contributed by atoms with E-state index in [4.69, 9.17) is 4.74 Å². The second-order valence-corrected chi connectivity index (χ2v) is 5.87. The number of halogens is 3. The topological polar surface area (TPSA) is 72.3 Å². The summed E-state index contributed by atoms with van der Waals surface area (Å²) in [6.45, 7) is -0.102. The Balaban J connectivity index is 2.07. The molecule has 0 bridgehead atoms. The average molecular weight is 388 g/mol. The highest BCUT2D eigenvalue weighted by Crippen LogP contribution is 2.41. The van der Waals surface area contributed by atoms with Crippen LogP contribution in [-0.4, -0.2) is 21.0 Å². The van der Waals surface area contributed by atoms with Crippen molar-refractivity contribution in [3.05, 3.63) is 89.5 Å². The van der Waals surface area contributed by atoms with Crippen molar-refractivity contribution in [1.29, 1.82) is 0 Å². The molecular weight excluding hydrogens is 373 g/mol. The molecule has 1 atom stereocenters. The van der Waals surface area contributed by atoms with Crippen LogP contribution in [0.4, 0.5) is 13.2 Å². The third kappa shape index (κ3) is 4.28. The lowest BCUT2D eigenvalue weighted by atomic mass is 9.95. The summed E-state index contributed by atoms with van der Waals surface area (Å²) in [6.07, 6.45) is -2.45. The van der Waals surface area contributed by atoms with Crippen LogP contribution in [0.5, 0.6) is 5.75 Å². The molecule has 1 N–H and O–H groups in total. The molecule has 2 aromatic heterocycles. The normalized spacial score (nSPS) is 12.4. The molecule has 1 aromatic carbocycles. The van der Waals surface area contributed by atoms with Crippen LogP contribution in [0.2, 0.25) is 0 Å². The maximum absolute atomic E-state index is 13.8. The molecule has 0 aliphatic carbocycles. The van der Waals surface area contributed by atoms with Gasteiger partial charge in [-0.2, -0.15) is 13.2 Å². The molecule has 0 saturated heterocycles. The number of carboxylic acid groups (broad SMARTS) is 1. The highest BCUT2D eigenvalue weighted by Gasteiger charge is 2.42. The van der Waals surface area contributed by atoms with Gasteiger partial charge in [0.1, 0.15) is 23.8 Å². The Morgan fingerprint density at radius 3 is 2.32 bits per heavy atom. The molecule has 5 nitrogen and oxygen atoms in total. The molecule has 0 spiro atoms. The van der Waals surface area contributed by atoms with Crippen molar-refractivity contribution in [3.63, 3.8) is 0 Å². The second-order valence-electron chi connectivity index (χ2n) is 5.87. The third-order valence-electron chi connectivity index (χ3n) is 3.97. The van der Waals surface area contributed by atoms with E-state index in [1.54, 1.807) is 36.4 Å².